The summed E-state index contributed by atoms with van der Waals surface area (Å²) in [6.45, 7) is 9.02. The Hall–Kier alpha value is -0.360. The van der Waals surface area contributed by atoms with Crippen LogP contribution < -0.4 is 5.32 Å². The molecular formula is C14H27ClN2O3. The van der Waals surface area contributed by atoms with E-state index in [1.807, 2.05) is 18.9 Å². The van der Waals surface area contributed by atoms with Gasteiger partial charge in [-0.2, -0.15) is 0 Å². The maximum absolute atomic E-state index is 12.4. The minimum atomic E-state index is -0.194. The molecule has 1 heterocycles. The quantitative estimate of drug-likeness (QED) is 0.844. The van der Waals surface area contributed by atoms with Gasteiger partial charge in [0.1, 0.15) is 6.04 Å². The highest BCUT2D eigenvalue weighted by molar-refractivity contribution is 5.85. The van der Waals surface area contributed by atoms with Gasteiger partial charge in [0.15, 0.2) is 0 Å². The van der Waals surface area contributed by atoms with Crippen LogP contribution in [0.15, 0.2) is 0 Å². The van der Waals surface area contributed by atoms with Crippen LogP contribution in [0.1, 0.15) is 27.2 Å². The first-order valence-corrected chi connectivity index (χ1v) is 7.17. The molecule has 0 aromatic heterocycles. The first-order chi connectivity index (χ1) is 8.98. The van der Waals surface area contributed by atoms with Gasteiger partial charge in [-0.05, 0) is 13.3 Å². The molecule has 1 amide bonds. The lowest BCUT2D eigenvalue weighted by molar-refractivity contribution is -0.166. The molecule has 1 saturated heterocycles. The maximum atomic E-state index is 12.4. The summed E-state index contributed by atoms with van der Waals surface area (Å²) in [7, 11) is 1.90. The molecule has 1 saturated carbocycles. The van der Waals surface area contributed by atoms with Gasteiger partial charge in [-0.1, -0.05) is 13.8 Å². The van der Waals surface area contributed by atoms with Gasteiger partial charge < -0.3 is 19.7 Å². The van der Waals surface area contributed by atoms with Crippen molar-refractivity contribution in [3.05, 3.63) is 0 Å². The SMILES string of the molecule is CCOC1CC(N(C)C(=O)C2COCCN2)C1(C)C.Cl. The number of nitrogens with one attached hydrogen (secondary N) is 1. The highest BCUT2D eigenvalue weighted by Crippen LogP contribution is 2.45. The van der Waals surface area contributed by atoms with Crippen LogP contribution >= 0.6 is 12.4 Å². The summed E-state index contributed by atoms with van der Waals surface area (Å²) >= 11 is 0. The lowest BCUT2D eigenvalue weighted by Gasteiger charge is -2.55. The van der Waals surface area contributed by atoms with Gasteiger partial charge in [0, 0.05) is 31.7 Å². The summed E-state index contributed by atoms with van der Waals surface area (Å²) in [5, 5.41) is 3.22. The van der Waals surface area contributed by atoms with Crippen LogP contribution in [-0.4, -0.2) is 62.4 Å². The Morgan fingerprint density at radius 3 is 2.70 bits per heavy atom. The van der Waals surface area contributed by atoms with E-state index in [1.165, 1.54) is 0 Å². The fourth-order valence-electron chi connectivity index (χ4n) is 3.13. The molecule has 5 nitrogen and oxygen atoms in total. The molecule has 2 fully saturated rings. The van der Waals surface area contributed by atoms with E-state index in [0.29, 0.717) is 13.2 Å². The largest absolute Gasteiger partial charge is 0.378 e. The number of hydrogen-bond acceptors (Lipinski definition) is 4. The number of ether oxygens (including phenoxy) is 2. The van der Waals surface area contributed by atoms with Crippen LogP contribution in [0.4, 0.5) is 0 Å². The third-order valence-corrected chi connectivity index (χ3v) is 4.53. The molecule has 20 heavy (non-hydrogen) atoms. The average molecular weight is 307 g/mol. The fraction of sp³-hybridized carbons (Fsp3) is 0.929. The Bertz CT molecular complexity index is 332. The van der Waals surface area contributed by atoms with Gasteiger partial charge in [-0.15, -0.1) is 12.4 Å². The van der Waals surface area contributed by atoms with Gasteiger partial charge in [-0.3, -0.25) is 4.79 Å². The molecule has 118 valence electrons. The van der Waals surface area contributed by atoms with Crippen LogP contribution in [0.5, 0.6) is 0 Å². The zero-order valence-corrected chi connectivity index (χ0v) is 13.7. The molecule has 0 aromatic rings. The van der Waals surface area contributed by atoms with E-state index >= 15 is 0 Å². The summed E-state index contributed by atoms with van der Waals surface area (Å²) < 4.78 is 11.1. The van der Waals surface area contributed by atoms with Crippen molar-refractivity contribution in [3.63, 3.8) is 0 Å². The molecule has 0 aromatic carbocycles. The second kappa shape index (κ2) is 7.07. The van der Waals surface area contributed by atoms with Crippen molar-refractivity contribution in [1.82, 2.24) is 10.2 Å². The summed E-state index contributed by atoms with van der Waals surface area (Å²) in [6.07, 6.45) is 1.18. The van der Waals surface area contributed by atoms with E-state index in [4.69, 9.17) is 9.47 Å². The lowest BCUT2D eigenvalue weighted by atomic mass is 9.63. The van der Waals surface area contributed by atoms with E-state index in [9.17, 15) is 4.79 Å². The number of morpholine rings is 1. The Morgan fingerprint density at radius 2 is 2.20 bits per heavy atom. The number of carbonyl (C=O) groups excluding carboxylic acids is 1. The number of likely N-dealkylation sites (N-methyl/N-ethyl adjacent to an activating group) is 1. The number of halogens is 1. The monoisotopic (exact) mass is 306 g/mol. The fourth-order valence-corrected chi connectivity index (χ4v) is 3.13. The summed E-state index contributed by atoms with van der Waals surface area (Å²) in [5.41, 5.74) is 0.0238. The van der Waals surface area contributed by atoms with Crippen molar-refractivity contribution in [3.8, 4) is 0 Å². The molecule has 1 aliphatic carbocycles. The molecule has 1 N–H and O–H groups in total. The topological polar surface area (TPSA) is 50.8 Å². The van der Waals surface area contributed by atoms with Crippen molar-refractivity contribution in [2.45, 2.75) is 45.4 Å². The molecule has 0 spiro atoms. The standard InChI is InChI=1S/C14H26N2O3.ClH/c1-5-19-12-8-11(14(12,2)3)16(4)13(17)10-9-18-7-6-15-10;/h10-12,15H,5-9H2,1-4H3;1H. The van der Waals surface area contributed by atoms with Gasteiger partial charge in [0.25, 0.3) is 0 Å². The van der Waals surface area contributed by atoms with Gasteiger partial charge in [-0.25, -0.2) is 0 Å². The summed E-state index contributed by atoms with van der Waals surface area (Å²) in [5.74, 6) is 0.132. The smallest absolute Gasteiger partial charge is 0.242 e. The van der Waals surface area contributed by atoms with Crippen LogP contribution in [0.2, 0.25) is 0 Å². The van der Waals surface area contributed by atoms with E-state index in [0.717, 1.165) is 19.6 Å². The average Bonchev–Trinajstić information content (AvgIpc) is 2.42. The molecule has 2 aliphatic rings. The number of hydrogen-bond donors (Lipinski definition) is 1. The van der Waals surface area contributed by atoms with E-state index in [2.05, 4.69) is 19.2 Å². The third-order valence-electron chi connectivity index (χ3n) is 4.53. The highest BCUT2D eigenvalue weighted by Gasteiger charge is 2.52. The Kier molecular flexibility index (Phi) is 6.25. The normalized spacial score (nSPS) is 31.9. The Morgan fingerprint density at radius 1 is 1.50 bits per heavy atom. The molecular weight excluding hydrogens is 280 g/mol. The van der Waals surface area contributed by atoms with E-state index in [1.54, 1.807) is 0 Å². The number of nitrogens with zero attached hydrogens (tertiary/aromatic N) is 1. The highest BCUT2D eigenvalue weighted by atomic mass is 35.5. The zero-order valence-electron chi connectivity index (χ0n) is 12.8. The van der Waals surface area contributed by atoms with Crippen LogP contribution in [0.25, 0.3) is 0 Å². The van der Waals surface area contributed by atoms with E-state index in [-0.39, 0.29) is 41.9 Å². The Balaban J connectivity index is 0.00000200. The first-order valence-electron chi connectivity index (χ1n) is 7.17. The van der Waals surface area contributed by atoms with E-state index < -0.39 is 0 Å². The molecule has 3 unspecified atom stereocenters. The summed E-state index contributed by atoms with van der Waals surface area (Å²) in [6, 6.07) is 0.0565. The second-order valence-corrected chi connectivity index (χ2v) is 6.05. The van der Waals surface area contributed by atoms with Crippen LogP contribution in [0, 0.1) is 5.41 Å². The second-order valence-electron chi connectivity index (χ2n) is 6.05. The van der Waals surface area contributed by atoms with Gasteiger partial charge in [0.05, 0.1) is 19.3 Å². The third kappa shape index (κ3) is 3.27. The van der Waals surface area contributed by atoms with Crippen LogP contribution in [-0.2, 0) is 14.3 Å². The minimum absolute atomic E-state index is 0. The number of amides is 1. The van der Waals surface area contributed by atoms with Crippen LogP contribution in [0.3, 0.4) is 0 Å². The first kappa shape index (κ1) is 17.7. The Labute approximate surface area is 127 Å². The van der Waals surface area contributed by atoms with Crippen molar-refractivity contribution in [2.75, 3.05) is 33.4 Å². The molecule has 0 radical (unpaired) electrons. The number of rotatable bonds is 4. The lowest BCUT2D eigenvalue weighted by Crippen LogP contribution is -2.65. The van der Waals surface area contributed by atoms with Crippen molar-refractivity contribution in [1.29, 1.82) is 0 Å². The van der Waals surface area contributed by atoms with Crippen molar-refractivity contribution < 1.29 is 14.3 Å². The molecule has 1 aliphatic heterocycles. The van der Waals surface area contributed by atoms with Crippen molar-refractivity contribution in [2.24, 2.45) is 5.41 Å². The number of carbonyl (C=O) groups is 1. The molecule has 6 heteroatoms. The molecule has 3 atom stereocenters. The maximum Gasteiger partial charge on any atom is 0.242 e. The van der Waals surface area contributed by atoms with Crippen molar-refractivity contribution >= 4 is 18.3 Å². The van der Waals surface area contributed by atoms with Gasteiger partial charge in [0.2, 0.25) is 5.91 Å². The predicted octanol–water partition coefficient (Wildman–Crippen LogP) is 1.06. The predicted molar refractivity (Wildman–Crippen MR) is 80.2 cm³/mol. The molecule has 2 rings (SSSR count). The zero-order chi connectivity index (χ0) is 14.0. The minimum Gasteiger partial charge on any atom is -0.378 e. The van der Waals surface area contributed by atoms with Gasteiger partial charge >= 0.3 is 0 Å². The molecule has 0 bridgehead atoms. The summed E-state index contributed by atoms with van der Waals surface area (Å²) in [4.78, 5) is 14.3.